The number of halogens is 4. The second-order valence-electron chi connectivity index (χ2n) is 9.04. The predicted molar refractivity (Wildman–Crippen MR) is 123 cm³/mol. The van der Waals surface area contributed by atoms with E-state index in [1.165, 1.54) is 37.4 Å². The van der Waals surface area contributed by atoms with Gasteiger partial charge in [0.2, 0.25) is 0 Å². The van der Waals surface area contributed by atoms with E-state index in [-0.39, 0.29) is 28.6 Å². The molecule has 5 nitrogen and oxygen atoms in total. The van der Waals surface area contributed by atoms with Crippen LogP contribution >= 0.6 is 0 Å². The maximum atomic E-state index is 14.3. The lowest BCUT2D eigenvalue weighted by Crippen LogP contribution is -2.31. The number of aromatic nitrogens is 3. The van der Waals surface area contributed by atoms with Gasteiger partial charge in [-0.1, -0.05) is 0 Å². The average Bonchev–Trinajstić information content (AvgIpc) is 3.25. The van der Waals surface area contributed by atoms with Gasteiger partial charge in [-0.05, 0) is 85.5 Å². The summed E-state index contributed by atoms with van der Waals surface area (Å²) in [5.41, 5.74) is 2.54. The first-order valence-electron chi connectivity index (χ1n) is 11.4. The van der Waals surface area contributed by atoms with Crippen molar-refractivity contribution in [3.63, 3.8) is 0 Å². The van der Waals surface area contributed by atoms with Crippen molar-refractivity contribution < 1.29 is 27.1 Å². The van der Waals surface area contributed by atoms with Crippen molar-refractivity contribution in [1.29, 1.82) is 0 Å². The Hall–Kier alpha value is -3.49. The van der Waals surface area contributed by atoms with E-state index in [0.717, 1.165) is 5.56 Å². The van der Waals surface area contributed by atoms with Crippen LogP contribution in [0.4, 0.5) is 17.6 Å². The van der Waals surface area contributed by atoms with Crippen LogP contribution in [0, 0.1) is 11.7 Å². The number of carbonyl (C=O) groups is 1. The number of nitrogens with one attached hydrogen (secondary N) is 1. The number of nitrogens with zero attached hydrogens (tertiary/aromatic N) is 2. The molecule has 0 bridgehead atoms. The summed E-state index contributed by atoms with van der Waals surface area (Å²) in [7, 11) is 1.24. The molecule has 0 amide bonds. The van der Waals surface area contributed by atoms with E-state index < -0.39 is 24.0 Å². The third kappa shape index (κ3) is 4.47. The van der Waals surface area contributed by atoms with Crippen LogP contribution in [0.25, 0.3) is 21.9 Å². The number of alkyl halides is 3. The number of aromatic amines is 1. The number of fused-ring (bicyclic) bond motifs is 2. The zero-order chi connectivity index (χ0) is 24.7. The van der Waals surface area contributed by atoms with Crippen molar-refractivity contribution in [1.82, 2.24) is 15.0 Å². The van der Waals surface area contributed by atoms with Crippen LogP contribution in [0.1, 0.15) is 59.3 Å². The van der Waals surface area contributed by atoms with Gasteiger partial charge in [-0.15, -0.1) is 0 Å². The van der Waals surface area contributed by atoms with E-state index in [1.807, 2.05) is 6.07 Å². The normalized spacial score (nSPS) is 19.7. The highest BCUT2D eigenvalue weighted by atomic mass is 19.4. The summed E-state index contributed by atoms with van der Waals surface area (Å²) in [6, 6.07) is 10.7. The van der Waals surface area contributed by atoms with Gasteiger partial charge in [0.15, 0.2) is 0 Å². The molecule has 5 rings (SSSR count). The molecule has 0 saturated heterocycles. The summed E-state index contributed by atoms with van der Waals surface area (Å²) < 4.78 is 61.4. The van der Waals surface area contributed by atoms with Gasteiger partial charge in [-0.2, -0.15) is 13.2 Å². The van der Waals surface area contributed by atoms with E-state index in [4.69, 9.17) is 0 Å². The standard InChI is InChI=1S/C26H23F4N3O2/c1-35-25(34)16-6-8-21-22(12-16)33-24(32-21)23(26(28,29)30)15-4-2-14(3-5-15)18-10-11-31-20-9-7-17(27)13-19(18)20/h6-15,23H,2-5H2,1H3,(H,32,33)/t14-,15+,23-/m1/s1. The molecule has 2 aromatic carbocycles. The van der Waals surface area contributed by atoms with Gasteiger partial charge in [0.1, 0.15) is 17.6 Å². The summed E-state index contributed by atoms with van der Waals surface area (Å²) in [6.45, 7) is 0. The Labute approximate surface area is 198 Å². The topological polar surface area (TPSA) is 67.9 Å². The minimum absolute atomic E-state index is 0.0331. The molecular formula is C26H23F4N3O2. The van der Waals surface area contributed by atoms with Gasteiger partial charge in [0, 0.05) is 11.6 Å². The van der Waals surface area contributed by atoms with Gasteiger partial charge < -0.3 is 9.72 Å². The lowest BCUT2D eigenvalue weighted by Gasteiger charge is -2.34. The van der Waals surface area contributed by atoms with Crippen LogP contribution in [0.3, 0.4) is 0 Å². The van der Waals surface area contributed by atoms with Crippen molar-refractivity contribution in [3.8, 4) is 0 Å². The molecule has 0 aliphatic heterocycles. The van der Waals surface area contributed by atoms with Crippen LogP contribution in [-0.2, 0) is 4.74 Å². The van der Waals surface area contributed by atoms with Crippen molar-refractivity contribution in [2.24, 2.45) is 5.92 Å². The Balaban J connectivity index is 1.41. The van der Waals surface area contributed by atoms with Gasteiger partial charge in [-0.25, -0.2) is 14.2 Å². The number of ether oxygens (including phenoxy) is 1. The summed E-state index contributed by atoms with van der Waals surface area (Å²) in [6.07, 6.45) is -0.990. The second-order valence-corrected chi connectivity index (χ2v) is 9.04. The second kappa shape index (κ2) is 8.94. The summed E-state index contributed by atoms with van der Waals surface area (Å²) in [5.74, 6) is -3.44. The lowest BCUT2D eigenvalue weighted by molar-refractivity contribution is -0.166. The van der Waals surface area contributed by atoms with Gasteiger partial charge in [0.05, 0.1) is 29.2 Å². The molecule has 1 fully saturated rings. The molecule has 1 aliphatic rings. The fraction of sp³-hybridized carbons (Fsp3) is 0.346. The molecule has 35 heavy (non-hydrogen) atoms. The first-order valence-corrected chi connectivity index (χ1v) is 11.4. The molecule has 0 spiro atoms. The molecule has 9 heteroatoms. The molecule has 2 aromatic heterocycles. The Morgan fingerprint density at radius 3 is 2.54 bits per heavy atom. The smallest absolute Gasteiger partial charge is 0.399 e. The van der Waals surface area contributed by atoms with E-state index in [9.17, 15) is 22.4 Å². The highest BCUT2D eigenvalue weighted by Crippen LogP contribution is 2.48. The van der Waals surface area contributed by atoms with Crippen LogP contribution < -0.4 is 0 Å². The van der Waals surface area contributed by atoms with Crippen molar-refractivity contribution in [2.45, 2.75) is 43.7 Å². The number of hydrogen-bond donors (Lipinski definition) is 1. The molecule has 0 unspecified atom stereocenters. The number of carbonyl (C=O) groups excluding carboxylic acids is 1. The zero-order valence-corrected chi connectivity index (χ0v) is 18.9. The van der Waals surface area contributed by atoms with E-state index >= 15 is 0 Å². The Morgan fingerprint density at radius 1 is 1.06 bits per heavy atom. The number of rotatable bonds is 4. The lowest BCUT2D eigenvalue weighted by atomic mass is 9.73. The fourth-order valence-electron chi connectivity index (χ4n) is 5.32. The van der Waals surface area contributed by atoms with Crippen molar-refractivity contribution in [2.75, 3.05) is 7.11 Å². The number of pyridine rings is 1. The molecule has 1 saturated carbocycles. The third-order valence-corrected chi connectivity index (χ3v) is 6.99. The number of esters is 1. The van der Waals surface area contributed by atoms with Gasteiger partial charge in [-0.3, -0.25) is 4.98 Å². The van der Waals surface area contributed by atoms with Gasteiger partial charge in [0.25, 0.3) is 0 Å². The number of benzene rings is 2. The van der Waals surface area contributed by atoms with Crippen LogP contribution in [0.5, 0.6) is 0 Å². The summed E-state index contributed by atoms with van der Waals surface area (Å²) >= 11 is 0. The van der Waals surface area contributed by atoms with Crippen molar-refractivity contribution in [3.05, 3.63) is 71.4 Å². The molecule has 2 heterocycles. The molecule has 1 atom stereocenters. The molecule has 4 aromatic rings. The zero-order valence-electron chi connectivity index (χ0n) is 18.9. The third-order valence-electron chi connectivity index (χ3n) is 6.99. The molecule has 0 radical (unpaired) electrons. The van der Waals surface area contributed by atoms with E-state index in [2.05, 4.69) is 19.7 Å². The van der Waals surface area contributed by atoms with Crippen LogP contribution in [0.2, 0.25) is 0 Å². The SMILES string of the molecule is COC(=O)c1ccc2[nH]c([C@@H]([C@H]3CC[C@@H](c4ccnc5ccc(F)cc54)CC3)C(F)(F)F)nc2c1. The minimum atomic E-state index is -4.48. The Kier molecular flexibility index (Phi) is 5.94. The quantitative estimate of drug-likeness (QED) is 0.259. The first kappa shape index (κ1) is 23.3. The predicted octanol–water partition coefficient (Wildman–Crippen LogP) is 6.66. The van der Waals surface area contributed by atoms with Gasteiger partial charge >= 0.3 is 12.1 Å². The van der Waals surface area contributed by atoms with Crippen LogP contribution in [-0.4, -0.2) is 34.2 Å². The summed E-state index contributed by atoms with van der Waals surface area (Å²) in [5, 5.41) is 0.710. The number of H-pyrrole nitrogens is 1. The molecule has 1 N–H and O–H groups in total. The number of methoxy groups -OCH3 is 1. The Morgan fingerprint density at radius 2 is 1.83 bits per heavy atom. The van der Waals surface area contributed by atoms with E-state index in [0.29, 0.717) is 42.1 Å². The van der Waals surface area contributed by atoms with Crippen molar-refractivity contribution >= 4 is 27.9 Å². The molecule has 1 aliphatic carbocycles. The van der Waals surface area contributed by atoms with E-state index in [1.54, 1.807) is 12.3 Å². The minimum Gasteiger partial charge on any atom is -0.465 e. The molecular weight excluding hydrogens is 462 g/mol. The fourth-order valence-corrected chi connectivity index (χ4v) is 5.32. The average molecular weight is 485 g/mol. The van der Waals surface area contributed by atoms with Crippen LogP contribution in [0.15, 0.2) is 48.7 Å². The number of hydrogen-bond acceptors (Lipinski definition) is 4. The monoisotopic (exact) mass is 485 g/mol. The highest BCUT2D eigenvalue weighted by molar-refractivity contribution is 5.93. The maximum Gasteiger partial charge on any atom is 0.399 e. The Bertz CT molecular complexity index is 1390. The molecule has 182 valence electrons. The summed E-state index contributed by atoms with van der Waals surface area (Å²) in [4.78, 5) is 23.1. The highest BCUT2D eigenvalue weighted by Gasteiger charge is 2.48. The maximum absolute atomic E-state index is 14.3. The number of imidazole rings is 1. The largest absolute Gasteiger partial charge is 0.465 e. The first-order chi connectivity index (χ1) is 16.7.